The van der Waals surface area contributed by atoms with E-state index in [-0.39, 0.29) is 0 Å². The topological polar surface area (TPSA) is 24.1 Å². The first kappa shape index (κ1) is 11.6. The van der Waals surface area contributed by atoms with Gasteiger partial charge in [0, 0.05) is 25.7 Å². The highest BCUT2D eigenvalue weighted by molar-refractivity contribution is 5.46. The first-order chi connectivity index (χ1) is 7.61. The maximum atomic E-state index is 3.61. The predicted molar refractivity (Wildman–Crippen MR) is 69.0 cm³/mol. The van der Waals surface area contributed by atoms with Gasteiger partial charge in [0.2, 0.25) is 0 Å². The Hall–Kier alpha value is -0.860. The van der Waals surface area contributed by atoms with E-state index in [1.54, 1.807) is 0 Å². The van der Waals surface area contributed by atoms with E-state index in [1.807, 2.05) is 0 Å². The Morgan fingerprint density at radius 1 is 1.00 bits per heavy atom. The van der Waals surface area contributed by atoms with E-state index < -0.39 is 0 Å². The minimum atomic E-state index is 0.479. The van der Waals surface area contributed by atoms with Crippen LogP contribution in [0.15, 0.2) is 6.07 Å². The quantitative estimate of drug-likeness (QED) is 0.755. The molecule has 0 aliphatic carbocycles. The Balaban J connectivity index is 2.45. The zero-order valence-corrected chi connectivity index (χ0v) is 10.8. The van der Waals surface area contributed by atoms with Gasteiger partial charge in [-0.25, -0.2) is 0 Å². The van der Waals surface area contributed by atoms with Crippen molar-refractivity contribution in [3.63, 3.8) is 0 Å². The van der Waals surface area contributed by atoms with Gasteiger partial charge in [0.15, 0.2) is 0 Å². The highest BCUT2D eigenvalue weighted by atomic mass is 15.1. The molecule has 1 unspecified atom stereocenters. The number of piperazine rings is 1. The summed E-state index contributed by atoms with van der Waals surface area (Å²) in [6.45, 7) is 12.1. The molecular weight excluding hydrogens is 196 g/mol. The number of hydrogen-bond acceptors (Lipinski definition) is 2. The average molecular weight is 218 g/mol. The van der Waals surface area contributed by atoms with Gasteiger partial charge in [0.1, 0.15) is 0 Å². The van der Waals surface area contributed by atoms with Crippen LogP contribution in [0, 0.1) is 27.7 Å². The van der Waals surface area contributed by atoms with Crippen molar-refractivity contribution in [2.75, 3.05) is 19.6 Å². The fraction of sp³-hybridized carbons (Fsp3) is 0.571. The molecule has 0 aromatic heterocycles. The molecule has 88 valence electrons. The number of aryl methyl sites for hydroxylation is 2. The van der Waals surface area contributed by atoms with E-state index in [2.05, 4.69) is 44.4 Å². The summed E-state index contributed by atoms with van der Waals surface area (Å²) < 4.78 is 0. The molecule has 1 aromatic rings. The first-order valence-electron chi connectivity index (χ1n) is 6.12. The number of nitrogens with one attached hydrogen (secondary N) is 2. The van der Waals surface area contributed by atoms with E-state index in [0.29, 0.717) is 6.04 Å². The third-order valence-electron chi connectivity index (χ3n) is 3.81. The van der Waals surface area contributed by atoms with Crippen LogP contribution in [-0.2, 0) is 0 Å². The lowest BCUT2D eigenvalue weighted by molar-refractivity contribution is 0.427. The second-order valence-electron chi connectivity index (χ2n) is 4.88. The minimum Gasteiger partial charge on any atom is -0.314 e. The summed E-state index contributed by atoms with van der Waals surface area (Å²) in [6, 6.07) is 2.78. The largest absolute Gasteiger partial charge is 0.314 e. The molecule has 2 N–H and O–H groups in total. The summed E-state index contributed by atoms with van der Waals surface area (Å²) in [4.78, 5) is 0. The van der Waals surface area contributed by atoms with E-state index in [0.717, 1.165) is 19.6 Å². The summed E-state index contributed by atoms with van der Waals surface area (Å²) in [7, 11) is 0. The van der Waals surface area contributed by atoms with Crippen LogP contribution in [-0.4, -0.2) is 19.6 Å². The van der Waals surface area contributed by atoms with Crippen molar-refractivity contribution in [2.24, 2.45) is 0 Å². The molecule has 1 saturated heterocycles. The summed E-state index contributed by atoms with van der Waals surface area (Å²) in [5.41, 5.74) is 7.22. The molecule has 0 radical (unpaired) electrons. The van der Waals surface area contributed by atoms with Crippen LogP contribution in [0.5, 0.6) is 0 Å². The van der Waals surface area contributed by atoms with Crippen molar-refractivity contribution in [3.05, 3.63) is 33.9 Å². The van der Waals surface area contributed by atoms with Crippen molar-refractivity contribution >= 4 is 0 Å². The van der Waals surface area contributed by atoms with Crippen molar-refractivity contribution in [1.29, 1.82) is 0 Å². The van der Waals surface area contributed by atoms with Crippen LogP contribution >= 0.6 is 0 Å². The second-order valence-corrected chi connectivity index (χ2v) is 4.88. The fourth-order valence-corrected chi connectivity index (χ4v) is 2.63. The van der Waals surface area contributed by atoms with Crippen molar-refractivity contribution in [2.45, 2.75) is 33.7 Å². The molecule has 2 rings (SSSR count). The lowest BCUT2D eigenvalue weighted by Crippen LogP contribution is -2.43. The van der Waals surface area contributed by atoms with E-state index in [4.69, 9.17) is 0 Å². The molecule has 2 heteroatoms. The maximum Gasteiger partial charge on any atom is 0.0452 e. The molecule has 0 bridgehead atoms. The monoisotopic (exact) mass is 218 g/mol. The second kappa shape index (κ2) is 4.56. The van der Waals surface area contributed by atoms with Gasteiger partial charge in [-0.3, -0.25) is 0 Å². The zero-order valence-electron chi connectivity index (χ0n) is 10.8. The van der Waals surface area contributed by atoms with Crippen LogP contribution in [0.4, 0.5) is 0 Å². The third-order valence-corrected chi connectivity index (χ3v) is 3.81. The maximum absolute atomic E-state index is 3.61. The Morgan fingerprint density at radius 2 is 1.62 bits per heavy atom. The molecule has 1 heterocycles. The smallest absolute Gasteiger partial charge is 0.0452 e. The standard InChI is InChI=1S/C14H22N2/c1-9-7-10(2)12(4)14(11(9)3)13-8-15-5-6-16-13/h7,13,15-16H,5-6,8H2,1-4H3. The molecule has 1 aliphatic heterocycles. The van der Waals surface area contributed by atoms with Crippen LogP contribution in [0.3, 0.4) is 0 Å². The van der Waals surface area contributed by atoms with E-state index in [9.17, 15) is 0 Å². The molecule has 0 saturated carbocycles. The minimum absolute atomic E-state index is 0.479. The summed E-state index contributed by atoms with van der Waals surface area (Å²) in [5.74, 6) is 0. The van der Waals surface area contributed by atoms with Gasteiger partial charge in [-0.15, -0.1) is 0 Å². The molecule has 1 aliphatic rings. The highest BCUT2D eigenvalue weighted by Gasteiger charge is 2.19. The van der Waals surface area contributed by atoms with Gasteiger partial charge in [-0.1, -0.05) is 6.07 Å². The summed E-state index contributed by atoms with van der Waals surface area (Å²) in [5, 5.41) is 7.07. The lowest BCUT2D eigenvalue weighted by Gasteiger charge is -2.29. The van der Waals surface area contributed by atoms with Gasteiger partial charge >= 0.3 is 0 Å². The molecule has 0 amide bonds. The number of benzene rings is 1. The van der Waals surface area contributed by atoms with Crippen molar-refractivity contribution < 1.29 is 0 Å². The molecule has 1 atom stereocenters. The number of rotatable bonds is 1. The molecule has 2 nitrogen and oxygen atoms in total. The van der Waals surface area contributed by atoms with Gasteiger partial charge < -0.3 is 10.6 Å². The number of hydrogen-bond donors (Lipinski definition) is 2. The van der Waals surface area contributed by atoms with Crippen LogP contribution in [0.2, 0.25) is 0 Å². The highest BCUT2D eigenvalue weighted by Crippen LogP contribution is 2.27. The molecule has 16 heavy (non-hydrogen) atoms. The SMILES string of the molecule is Cc1cc(C)c(C)c(C2CNCCN2)c1C. The zero-order chi connectivity index (χ0) is 11.7. The van der Waals surface area contributed by atoms with Crippen LogP contribution < -0.4 is 10.6 Å². The first-order valence-corrected chi connectivity index (χ1v) is 6.12. The van der Waals surface area contributed by atoms with Crippen molar-refractivity contribution in [1.82, 2.24) is 10.6 Å². The predicted octanol–water partition coefficient (Wildman–Crippen LogP) is 2.15. The fourth-order valence-electron chi connectivity index (χ4n) is 2.63. The summed E-state index contributed by atoms with van der Waals surface area (Å²) >= 11 is 0. The third kappa shape index (κ3) is 2.00. The Bertz CT molecular complexity index is 364. The van der Waals surface area contributed by atoms with Gasteiger partial charge in [0.25, 0.3) is 0 Å². The van der Waals surface area contributed by atoms with Gasteiger partial charge in [-0.05, 0) is 55.5 Å². The normalized spacial score (nSPS) is 21.1. The Labute approximate surface area is 98.4 Å². The lowest BCUT2D eigenvalue weighted by atomic mass is 9.89. The van der Waals surface area contributed by atoms with Crippen molar-refractivity contribution in [3.8, 4) is 0 Å². The molecule has 0 spiro atoms. The average Bonchev–Trinajstić information content (AvgIpc) is 2.28. The van der Waals surface area contributed by atoms with E-state index in [1.165, 1.54) is 27.8 Å². The van der Waals surface area contributed by atoms with Crippen LogP contribution in [0.1, 0.15) is 33.9 Å². The Kier molecular flexibility index (Phi) is 3.31. The Morgan fingerprint density at radius 3 is 2.12 bits per heavy atom. The summed E-state index contributed by atoms with van der Waals surface area (Å²) in [6.07, 6.45) is 0. The molecule has 1 fully saturated rings. The van der Waals surface area contributed by atoms with Crippen LogP contribution in [0.25, 0.3) is 0 Å². The van der Waals surface area contributed by atoms with Gasteiger partial charge in [-0.2, -0.15) is 0 Å². The van der Waals surface area contributed by atoms with Gasteiger partial charge in [0.05, 0.1) is 0 Å². The molecular formula is C14H22N2. The van der Waals surface area contributed by atoms with E-state index >= 15 is 0 Å². The molecule has 1 aromatic carbocycles.